The summed E-state index contributed by atoms with van der Waals surface area (Å²) in [6.07, 6.45) is 2.43. The van der Waals surface area contributed by atoms with Gasteiger partial charge in [0.15, 0.2) is 0 Å². The molecule has 0 bridgehead atoms. The number of thioether (sulfide) groups is 1. The normalized spacial score (nSPS) is 13.5. The lowest BCUT2D eigenvalue weighted by Gasteiger charge is -2.10. The van der Waals surface area contributed by atoms with E-state index in [1.807, 2.05) is 46.7 Å². The Balaban J connectivity index is 1.41. The van der Waals surface area contributed by atoms with Gasteiger partial charge in [-0.1, -0.05) is 48.5 Å². The molecule has 0 unspecified atom stereocenters. The molecule has 4 nitrogen and oxygen atoms in total. The minimum absolute atomic E-state index is 0.449. The van der Waals surface area contributed by atoms with Crippen LogP contribution < -0.4 is 4.74 Å². The van der Waals surface area contributed by atoms with Crippen molar-refractivity contribution < 1.29 is 14.6 Å². The van der Waals surface area contributed by atoms with Crippen molar-refractivity contribution in [3.63, 3.8) is 0 Å². The summed E-state index contributed by atoms with van der Waals surface area (Å²) in [5.41, 5.74) is 2.47. The van der Waals surface area contributed by atoms with Gasteiger partial charge >= 0.3 is 5.97 Å². The summed E-state index contributed by atoms with van der Waals surface area (Å²) in [4.78, 5) is 13.3. The van der Waals surface area contributed by atoms with Crippen LogP contribution in [0.2, 0.25) is 0 Å². The number of carboxylic acids is 1. The molecule has 5 rings (SSSR count). The Morgan fingerprint density at radius 2 is 1.83 bits per heavy atom. The summed E-state index contributed by atoms with van der Waals surface area (Å²) in [7, 11) is 0. The molecule has 0 saturated heterocycles. The van der Waals surface area contributed by atoms with Crippen LogP contribution in [0.4, 0.5) is 0 Å². The number of para-hydroxylation sites is 1. The number of fused-ring (bicyclic) bond motifs is 1. The van der Waals surface area contributed by atoms with E-state index in [4.69, 9.17) is 4.74 Å². The zero-order chi connectivity index (χ0) is 20.5. The van der Waals surface area contributed by atoms with E-state index in [2.05, 4.69) is 30.3 Å². The maximum atomic E-state index is 12.2. The Hall–Kier alpha value is -2.92. The third-order valence-electron chi connectivity index (χ3n) is 5.71. The lowest BCUT2D eigenvalue weighted by molar-refractivity contribution is 0.0684. The molecule has 0 spiro atoms. The SMILES string of the molecule is O=C(O)c1c(CCCOc2cccc3ccccc23)c2cccc3c2n1CCCS3. The predicted molar refractivity (Wildman–Crippen MR) is 122 cm³/mol. The smallest absolute Gasteiger partial charge is 0.352 e. The van der Waals surface area contributed by atoms with Crippen molar-refractivity contribution in [2.45, 2.75) is 30.7 Å². The Kier molecular flexibility index (Phi) is 5.13. The van der Waals surface area contributed by atoms with Crippen molar-refractivity contribution in [2.24, 2.45) is 0 Å². The number of carbonyl (C=O) groups is 1. The first-order valence-electron chi connectivity index (χ1n) is 10.3. The zero-order valence-electron chi connectivity index (χ0n) is 16.6. The molecule has 0 fully saturated rings. The molecule has 4 aromatic rings. The summed E-state index contributed by atoms with van der Waals surface area (Å²) in [5, 5.41) is 13.3. The molecule has 0 amide bonds. The Morgan fingerprint density at radius 1 is 1.03 bits per heavy atom. The topological polar surface area (TPSA) is 51.5 Å². The van der Waals surface area contributed by atoms with Crippen LogP contribution in [0, 0.1) is 0 Å². The average molecular weight is 418 g/mol. The zero-order valence-corrected chi connectivity index (χ0v) is 17.5. The van der Waals surface area contributed by atoms with Gasteiger partial charge in [-0.25, -0.2) is 4.79 Å². The van der Waals surface area contributed by atoms with E-state index >= 15 is 0 Å². The molecule has 152 valence electrons. The fraction of sp³-hybridized carbons (Fsp3) is 0.240. The Labute approximate surface area is 179 Å². The number of aromatic carboxylic acids is 1. The van der Waals surface area contributed by atoms with Gasteiger partial charge in [-0.05, 0) is 48.1 Å². The lowest BCUT2D eigenvalue weighted by Crippen LogP contribution is -2.11. The first-order valence-corrected chi connectivity index (χ1v) is 11.3. The highest BCUT2D eigenvalue weighted by molar-refractivity contribution is 7.99. The fourth-order valence-electron chi connectivity index (χ4n) is 4.44. The Bertz CT molecular complexity index is 1240. The van der Waals surface area contributed by atoms with Crippen molar-refractivity contribution >= 4 is 39.4 Å². The molecular formula is C25H23NO3S. The molecule has 2 heterocycles. The molecule has 5 heteroatoms. The Morgan fingerprint density at radius 3 is 2.73 bits per heavy atom. The van der Waals surface area contributed by atoms with Crippen molar-refractivity contribution in [3.8, 4) is 5.75 Å². The van der Waals surface area contributed by atoms with Crippen LogP contribution in [0.25, 0.3) is 21.7 Å². The van der Waals surface area contributed by atoms with Gasteiger partial charge in [-0.15, -0.1) is 11.8 Å². The number of rotatable bonds is 6. The van der Waals surface area contributed by atoms with E-state index in [0.717, 1.165) is 58.1 Å². The molecule has 1 aromatic heterocycles. The minimum Gasteiger partial charge on any atom is -0.493 e. The van der Waals surface area contributed by atoms with Crippen molar-refractivity contribution in [3.05, 3.63) is 71.9 Å². The summed E-state index contributed by atoms with van der Waals surface area (Å²) < 4.78 is 8.11. The first-order chi connectivity index (χ1) is 14.7. The van der Waals surface area contributed by atoms with Crippen LogP contribution in [-0.2, 0) is 13.0 Å². The first kappa shape index (κ1) is 19.1. The van der Waals surface area contributed by atoms with Gasteiger partial charge in [-0.3, -0.25) is 0 Å². The predicted octanol–water partition coefficient (Wildman–Crippen LogP) is 6.00. The second-order valence-corrected chi connectivity index (χ2v) is 8.70. The third-order valence-corrected chi connectivity index (χ3v) is 6.85. The van der Waals surface area contributed by atoms with E-state index in [-0.39, 0.29) is 0 Å². The minimum atomic E-state index is -0.839. The molecule has 3 aromatic carbocycles. The third kappa shape index (κ3) is 3.33. The number of ether oxygens (including phenoxy) is 1. The van der Waals surface area contributed by atoms with Gasteiger partial charge in [0.25, 0.3) is 0 Å². The number of benzene rings is 3. The molecular weight excluding hydrogens is 394 g/mol. The van der Waals surface area contributed by atoms with Crippen LogP contribution in [0.15, 0.2) is 65.6 Å². The van der Waals surface area contributed by atoms with Gasteiger partial charge in [0.05, 0.1) is 12.1 Å². The quantitative estimate of drug-likeness (QED) is 0.391. The number of aromatic nitrogens is 1. The number of nitrogens with zero attached hydrogens (tertiary/aromatic N) is 1. The molecule has 1 N–H and O–H groups in total. The van der Waals surface area contributed by atoms with Gasteiger partial charge in [0, 0.05) is 22.2 Å². The van der Waals surface area contributed by atoms with E-state index < -0.39 is 5.97 Å². The molecule has 1 aliphatic rings. The van der Waals surface area contributed by atoms with Gasteiger partial charge in [0.2, 0.25) is 0 Å². The summed E-state index contributed by atoms with van der Waals surface area (Å²) in [5.74, 6) is 1.06. The standard InChI is InChI=1S/C25H23NO3S/c27-25(28)24-20(19-10-4-13-22-23(19)26(24)14-6-16-30-22)11-5-15-29-21-12-3-8-17-7-1-2-9-18(17)21/h1-4,7-10,12-13H,5-6,11,14-16H2,(H,27,28). The van der Waals surface area contributed by atoms with Gasteiger partial charge in [-0.2, -0.15) is 0 Å². The molecule has 0 atom stereocenters. The van der Waals surface area contributed by atoms with E-state index in [0.29, 0.717) is 18.7 Å². The largest absolute Gasteiger partial charge is 0.493 e. The number of carboxylic acid groups (broad SMARTS) is 1. The summed E-state index contributed by atoms with van der Waals surface area (Å²) in [6.45, 7) is 1.31. The molecule has 0 saturated carbocycles. The average Bonchev–Trinajstić information content (AvgIpc) is 2.92. The van der Waals surface area contributed by atoms with Crippen LogP contribution in [-0.4, -0.2) is 28.0 Å². The van der Waals surface area contributed by atoms with Gasteiger partial charge in [0.1, 0.15) is 11.4 Å². The van der Waals surface area contributed by atoms with Crippen LogP contribution >= 0.6 is 11.8 Å². The molecule has 0 aliphatic carbocycles. The van der Waals surface area contributed by atoms with Crippen molar-refractivity contribution in [1.82, 2.24) is 4.57 Å². The number of hydrogen-bond acceptors (Lipinski definition) is 3. The second kappa shape index (κ2) is 8.07. The van der Waals surface area contributed by atoms with Crippen LogP contribution in [0.3, 0.4) is 0 Å². The summed E-state index contributed by atoms with van der Waals surface area (Å²) >= 11 is 1.82. The fourth-order valence-corrected chi connectivity index (χ4v) is 5.47. The maximum absolute atomic E-state index is 12.2. The number of aryl methyl sites for hydroxylation is 2. The molecule has 30 heavy (non-hydrogen) atoms. The highest BCUT2D eigenvalue weighted by Crippen LogP contribution is 2.37. The second-order valence-electron chi connectivity index (χ2n) is 7.57. The van der Waals surface area contributed by atoms with Crippen LogP contribution in [0.1, 0.15) is 28.9 Å². The van der Waals surface area contributed by atoms with E-state index in [9.17, 15) is 9.90 Å². The highest BCUT2D eigenvalue weighted by Gasteiger charge is 2.25. The molecule has 1 aliphatic heterocycles. The monoisotopic (exact) mass is 417 g/mol. The van der Waals surface area contributed by atoms with Crippen molar-refractivity contribution in [1.29, 1.82) is 0 Å². The number of hydrogen-bond donors (Lipinski definition) is 1. The maximum Gasteiger partial charge on any atom is 0.352 e. The molecule has 0 radical (unpaired) electrons. The van der Waals surface area contributed by atoms with E-state index in [1.54, 1.807) is 0 Å². The summed E-state index contributed by atoms with van der Waals surface area (Å²) in [6, 6.07) is 20.5. The van der Waals surface area contributed by atoms with Crippen molar-refractivity contribution in [2.75, 3.05) is 12.4 Å². The highest BCUT2D eigenvalue weighted by atomic mass is 32.2. The van der Waals surface area contributed by atoms with E-state index in [1.165, 1.54) is 4.90 Å². The van der Waals surface area contributed by atoms with Crippen LogP contribution in [0.5, 0.6) is 5.75 Å². The van der Waals surface area contributed by atoms with Gasteiger partial charge < -0.3 is 14.4 Å². The lowest BCUT2D eigenvalue weighted by atomic mass is 10.1.